The molecule has 0 spiro atoms. The van der Waals surface area contributed by atoms with Gasteiger partial charge in [0.05, 0.1) is 6.54 Å². The van der Waals surface area contributed by atoms with E-state index in [1.807, 2.05) is 0 Å². The summed E-state index contributed by atoms with van der Waals surface area (Å²) in [6, 6.07) is 0.564. The first-order valence-electron chi connectivity index (χ1n) is 4.59. The van der Waals surface area contributed by atoms with Gasteiger partial charge in [-0.1, -0.05) is 26.7 Å². The number of likely N-dealkylation sites (N-methyl/N-ethyl adjacent to an activating group) is 1. The van der Waals surface area contributed by atoms with Crippen LogP contribution in [0.25, 0.3) is 0 Å². The van der Waals surface area contributed by atoms with Crippen molar-refractivity contribution < 1.29 is 0 Å². The molecule has 12 heavy (non-hydrogen) atoms. The predicted molar refractivity (Wildman–Crippen MR) is 54.1 cm³/mol. The Balaban J connectivity index is 3.39. The Morgan fingerprint density at radius 1 is 1.50 bits per heavy atom. The lowest BCUT2D eigenvalue weighted by Gasteiger charge is -2.18. The molecule has 0 aromatic rings. The molecule has 0 rings (SSSR count). The minimum absolute atomic E-state index is 0.564. The summed E-state index contributed by atoms with van der Waals surface area (Å²) in [5.41, 5.74) is 0. The zero-order valence-electron chi connectivity index (χ0n) is 8.43. The maximum Gasteiger partial charge on any atom is 0.0599 e. The standard InChI is InChI=1S/C10H20N2/c1-5-8-12(6-2)9-7-11-10(3)4/h1,10-11H,6-9H2,2-4H3. The van der Waals surface area contributed by atoms with Gasteiger partial charge in [0, 0.05) is 19.1 Å². The second kappa shape index (κ2) is 7.15. The van der Waals surface area contributed by atoms with Crippen LogP contribution in [0.5, 0.6) is 0 Å². The van der Waals surface area contributed by atoms with E-state index in [0.717, 1.165) is 26.2 Å². The summed E-state index contributed by atoms with van der Waals surface area (Å²) in [7, 11) is 0. The number of rotatable bonds is 6. The van der Waals surface area contributed by atoms with Crippen LogP contribution in [0, 0.1) is 12.3 Å². The third kappa shape index (κ3) is 6.21. The number of nitrogens with one attached hydrogen (secondary N) is 1. The highest BCUT2D eigenvalue weighted by Gasteiger charge is 1.99. The maximum absolute atomic E-state index is 5.22. The van der Waals surface area contributed by atoms with Crippen LogP contribution in [0.1, 0.15) is 20.8 Å². The van der Waals surface area contributed by atoms with Crippen LogP contribution in [0.3, 0.4) is 0 Å². The summed E-state index contributed by atoms with van der Waals surface area (Å²) in [6.07, 6.45) is 5.22. The van der Waals surface area contributed by atoms with Gasteiger partial charge < -0.3 is 5.32 Å². The van der Waals surface area contributed by atoms with Gasteiger partial charge in [0.25, 0.3) is 0 Å². The van der Waals surface area contributed by atoms with Gasteiger partial charge in [-0.25, -0.2) is 0 Å². The first-order valence-corrected chi connectivity index (χ1v) is 4.59. The van der Waals surface area contributed by atoms with Gasteiger partial charge in [0.1, 0.15) is 0 Å². The molecule has 0 saturated heterocycles. The van der Waals surface area contributed by atoms with Crippen LogP contribution in [-0.4, -0.2) is 37.1 Å². The molecule has 2 heteroatoms. The van der Waals surface area contributed by atoms with Crippen LogP contribution < -0.4 is 5.32 Å². The van der Waals surface area contributed by atoms with Crippen molar-refractivity contribution in [3.63, 3.8) is 0 Å². The third-order valence-corrected chi connectivity index (χ3v) is 1.74. The summed E-state index contributed by atoms with van der Waals surface area (Å²) in [6.45, 7) is 10.3. The molecule has 70 valence electrons. The Morgan fingerprint density at radius 2 is 2.17 bits per heavy atom. The molecule has 0 bridgehead atoms. The highest BCUT2D eigenvalue weighted by Crippen LogP contribution is 1.85. The summed E-state index contributed by atoms with van der Waals surface area (Å²) >= 11 is 0. The van der Waals surface area contributed by atoms with Gasteiger partial charge in [-0.2, -0.15) is 0 Å². The largest absolute Gasteiger partial charge is 0.313 e. The molecular weight excluding hydrogens is 148 g/mol. The minimum atomic E-state index is 0.564. The molecule has 0 radical (unpaired) electrons. The molecule has 1 N–H and O–H groups in total. The van der Waals surface area contributed by atoms with Crippen LogP contribution >= 0.6 is 0 Å². The van der Waals surface area contributed by atoms with Crippen molar-refractivity contribution in [2.24, 2.45) is 0 Å². The second-order valence-electron chi connectivity index (χ2n) is 3.18. The SMILES string of the molecule is C#CCN(CC)CCNC(C)C. The predicted octanol–water partition coefficient (Wildman–Crippen LogP) is 0.940. The monoisotopic (exact) mass is 168 g/mol. The average Bonchev–Trinajstić information content (AvgIpc) is 2.02. The summed E-state index contributed by atoms with van der Waals surface area (Å²) < 4.78 is 0. The molecule has 0 aliphatic carbocycles. The highest BCUT2D eigenvalue weighted by atomic mass is 15.1. The lowest BCUT2D eigenvalue weighted by molar-refractivity contribution is 0.317. The van der Waals surface area contributed by atoms with Gasteiger partial charge >= 0.3 is 0 Å². The molecule has 0 aromatic heterocycles. The smallest absolute Gasteiger partial charge is 0.0599 e. The van der Waals surface area contributed by atoms with Crippen LogP contribution in [0.15, 0.2) is 0 Å². The van der Waals surface area contributed by atoms with Crippen molar-refractivity contribution in [1.82, 2.24) is 10.2 Å². The van der Waals surface area contributed by atoms with E-state index in [1.54, 1.807) is 0 Å². The van der Waals surface area contributed by atoms with Crippen molar-refractivity contribution in [1.29, 1.82) is 0 Å². The molecule has 0 aliphatic heterocycles. The Kier molecular flexibility index (Phi) is 6.84. The normalized spacial score (nSPS) is 10.7. The fourth-order valence-corrected chi connectivity index (χ4v) is 0.989. The van der Waals surface area contributed by atoms with Crippen LogP contribution in [0.2, 0.25) is 0 Å². The molecule has 0 aliphatic rings. The Morgan fingerprint density at radius 3 is 2.58 bits per heavy atom. The summed E-state index contributed by atoms with van der Waals surface area (Å²) in [5.74, 6) is 2.65. The Bertz CT molecular complexity index is 135. The van der Waals surface area contributed by atoms with E-state index in [9.17, 15) is 0 Å². The molecule has 2 nitrogen and oxygen atoms in total. The Hall–Kier alpha value is -0.520. The molecule has 0 atom stereocenters. The zero-order chi connectivity index (χ0) is 9.40. The highest BCUT2D eigenvalue weighted by molar-refractivity contribution is 4.87. The van der Waals surface area contributed by atoms with Crippen molar-refractivity contribution in [2.75, 3.05) is 26.2 Å². The number of hydrogen-bond acceptors (Lipinski definition) is 2. The van der Waals surface area contributed by atoms with Gasteiger partial charge in [-0.05, 0) is 6.54 Å². The fourth-order valence-electron chi connectivity index (χ4n) is 0.989. The molecule has 0 fully saturated rings. The van der Waals surface area contributed by atoms with E-state index in [2.05, 4.69) is 36.9 Å². The van der Waals surface area contributed by atoms with Crippen molar-refractivity contribution in [3.8, 4) is 12.3 Å². The molecule has 0 saturated carbocycles. The second-order valence-corrected chi connectivity index (χ2v) is 3.18. The third-order valence-electron chi connectivity index (χ3n) is 1.74. The quantitative estimate of drug-likeness (QED) is 0.594. The maximum atomic E-state index is 5.22. The fraction of sp³-hybridized carbons (Fsp3) is 0.800. The lowest BCUT2D eigenvalue weighted by Crippen LogP contribution is -2.35. The topological polar surface area (TPSA) is 15.3 Å². The molecular formula is C10H20N2. The average molecular weight is 168 g/mol. The van der Waals surface area contributed by atoms with Crippen LogP contribution in [0.4, 0.5) is 0 Å². The van der Waals surface area contributed by atoms with Gasteiger partial charge in [0.15, 0.2) is 0 Å². The van der Waals surface area contributed by atoms with E-state index in [0.29, 0.717) is 6.04 Å². The molecule has 0 heterocycles. The van der Waals surface area contributed by atoms with Crippen molar-refractivity contribution >= 4 is 0 Å². The Labute approximate surface area is 76.3 Å². The van der Waals surface area contributed by atoms with Gasteiger partial charge in [-0.3, -0.25) is 4.90 Å². The lowest BCUT2D eigenvalue weighted by atomic mass is 10.4. The number of terminal acetylenes is 1. The van der Waals surface area contributed by atoms with Gasteiger partial charge in [0.2, 0.25) is 0 Å². The molecule has 0 aromatic carbocycles. The van der Waals surface area contributed by atoms with Crippen molar-refractivity contribution in [2.45, 2.75) is 26.8 Å². The van der Waals surface area contributed by atoms with E-state index in [-0.39, 0.29) is 0 Å². The number of hydrogen-bond donors (Lipinski definition) is 1. The van der Waals surface area contributed by atoms with Crippen molar-refractivity contribution in [3.05, 3.63) is 0 Å². The van der Waals surface area contributed by atoms with E-state index >= 15 is 0 Å². The summed E-state index contributed by atoms with van der Waals surface area (Å²) in [4.78, 5) is 2.25. The first kappa shape index (κ1) is 11.5. The zero-order valence-corrected chi connectivity index (χ0v) is 8.43. The minimum Gasteiger partial charge on any atom is -0.313 e. The molecule has 0 unspecified atom stereocenters. The number of nitrogens with zero attached hydrogens (tertiary/aromatic N) is 1. The summed E-state index contributed by atoms with van der Waals surface area (Å²) in [5, 5.41) is 3.36. The van der Waals surface area contributed by atoms with E-state index in [4.69, 9.17) is 6.42 Å². The van der Waals surface area contributed by atoms with Crippen LogP contribution in [-0.2, 0) is 0 Å². The van der Waals surface area contributed by atoms with E-state index in [1.165, 1.54) is 0 Å². The van der Waals surface area contributed by atoms with E-state index < -0.39 is 0 Å². The molecule has 0 amide bonds. The first-order chi connectivity index (χ1) is 5.70. The van der Waals surface area contributed by atoms with Gasteiger partial charge in [-0.15, -0.1) is 6.42 Å².